The number of carbonyl (C=O) groups excluding carboxylic acids is 1. The number of hydrogen-bond donors (Lipinski definition) is 0. The Kier molecular flexibility index (Phi) is 38.2. The van der Waals surface area contributed by atoms with Crippen LogP contribution in [0.2, 0.25) is 0 Å². The van der Waals surface area contributed by atoms with Gasteiger partial charge in [-0.25, -0.2) is 0 Å². The summed E-state index contributed by atoms with van der Waals surface area (Å²) in [6, 6.07) is 0. The van der Waals surface area contributed by atoms with E-state index in [9.17, 15) is 4.79 Å². The van der Waals surface area contributed by atoms with E-state index in [1.807, 2.05) is 0 Å². The van der Waals surface area contributed by atoms with Crippen LogP contribution in [0, 0.1) is 5.92 Å². The Labute approximate surface area is 279 Å². The zero-order valence-corrected chi connectivity index (χ0v) is 31.1. The van der Waals surface area contributed by atoms with Crippen molar-refractivity contribution in [3.8, 4) is 0 Å². The van der Waals surface area contributed by atoms with Gasteiger partial charge in [0.05, 0.1) is 12.5 Å². The van der Waals surface area contributed by atoms with Crippen molar-refractivity contribution in [1.29, 1.82) is 0 Å². The van der Waals surface area contributed by atoms with Crippen molar-refractivity contribution in [3.05, 3.63) is 0 Å². The Morgan fingerprint density at radius 3 is 0.841 bits per heavy atom. The maximum Gasteiger partial charge on any atom is 0.308 e. The third-order valence-electron chi connectivity index (χ3n) is 9.89. The third kappa shape index (κ3) is 34.3. The molecule has 2 heteroatoms. The maximum atomic E-state index is 13.0. The minimum atomic E-state index is 0.117. The summed E-state index contributed by atoms with van der Waals surface area (Å²) in [5.74, 6) is 0.260. The lowest BCUT2D eigenvalue weighted by atomic mass is 9.94. The van der Waals surface area contributed by atoms with Crippen LogP contribution in [-0.4, -0.2) is 12.6 Å². The molecule has 0 saturated heterocycles. The van der Waals surface area contributed by atoms with Crippen LogP contribution in [0.25, 0.3) is 0 Å². The summed E-state index contributed by atoms with van der Waals surface area (Å²) in [7, 11) is 0. The molecule has 0 aromatic carbocycles. The number of carbonyl (C=O) groups is 1. The van der Waals surface area contributed by atoms with E-state index in [1.165, 1.54) is 212 Å². The average molecular weight is 621 g/mol. The van der Waals surface area contributed by atoms with Gasteiger partial charge in [0.1, 0.15) is 0 Å². The lowest BCUT2D eigenvalue weighted by molar-refractivity contribution is -0.149. The number of unbranched alkanes of at least 4 members (excludes halogenated alkanes) is 31. The lowest BCUT2D eigenvalue weighted by Gasteiger charge is -2.16. The second kappa shape index (κ2) is 38.7. The smallest absolute Gasteiger partial charge is 0.308 e. The Morgan fingerprint density at radius 2 is 0.568 bits per heavy atom. The fraction of sp³-hybridized carbons (Fsp3) is 0.976. The minimum absolute atomic E-state index is 0.117. The Hall–Kier alpha value is -0.530. The van der Waals surface area contributed by atoms with Crippen LogP contribution in [0.15, 0.2) is 0 Å². The molecule has 0 bridgehead atoms. The van der Waals surface area contributed by atoms with Crippen LogP contribution in [0.5, 0.6) is 0 Å². The van der Waals surface area contributed by atoms with E-state index in [2.05, 4.69) is 20.8 Å². The van der Waals surface area contributed by atoms with Crippen molar-refractivity contribution in [2.24, 2.45) is 5.92 Å². The number of hydrogen-bond acceptors (Lipinski definition) is 2. The van der Waals surface area contributed by atoms with E-state index in [-0.39, 0.29) is 11.9 Å². The van der Waals surface area contributed by atoms with Crippen LogP contribution in [0.3, 0.4) is 0 Å². The molecule has 1 unspecified atom stereocenters. The highest BCUT2D eigenvalue weighted by atomic mass is 16.5. The highest BCUT2D eigenvalue weighted by Gasteiger charge is 2.19. The summed E-state index contributed by atoms with van der Waals surface area (Å²) in [6.07, 6.45) is 48.3. The van der Waals surface area contributed by atoms with Gasteiger partial charge in [0.2, 0.25) is 0 Å². The highest BCUT2D eigenvalue weighted by molar-refractivity contribution is 5.72. The molecule has 0 rings (SSSR count). The molecule has 0 radical (unpaired) electrons. The lowest BCUT2D eigenvalue weighted by Crippen LogP contribution is -2.18. The molecule has 0 aliphatic rings. The number of ether oxygens (including phenoxy) is 1. The molecule has 0 fully saturated rings. The van der Waals surface area contributed by atoms with Crippen molar-refractivity contribution in [3.63, 3.8) is 0 Å². The molecule has 264 valence electrons. The summed E-state index contributed by atoms with van der Waals surface area (Å²) in [5, 5.41) is 0. The third-order valence-corrected chi connectivity index (χ3v) is 9.89. The van der Waals surface area contributed by atoms with Crippen molar-refractivity contribution in [2.75, 3.05) is 6.61 Å². The Balaban J connectivity index is 4.04. The van der Waals surface area contributed by atoms with Gasteiger partial charge < -0.3 is 4.74 Å². The first-order valence-corrected chi connectivity index (χ1v) is 20.9. The summed E-state index contributed by atoms with van der Waals surface area (Å²) >= 11 is 0. The molecule has 0 aromatic rings. The highest BCUT2D eigenvalue weighted by Crippen LogP contribution is 2.22. The first kappa shape index (κ1) is 43.5. The summed E-state index contributed by atoms with van der Waals surface area (Å²) in [6.45, 7) is 7.52. The predicted molar refractivity (Wildman–Crippen MR) is 198 cm³/mol. The van der Waals surface area contributed by atoms with Crippen LogP contribution in [0.1, 0.15) is 252 Å². The van der Waals surface area contributed by atoms with Gasteiger partial charge >= 0.3 is 5.97 Å². The monoisotopic (exact) mass is 621 g/mol. The fourth-order valence-electron chi connectivity index (χ4n) is 6.72. The van der Waals surface area contributed by atoms with E-state index in [4.69, 9.17) is 4.74 Å². The molecule has 1 atom stereocenters. The zero-order chi connectivity index (χ0) is 32.0. The van der Waals surface area contributed by atoms with E-state index in [0.717, 1.165) is 19.3 Å². The molecule has 0 heterocycles. The van der Waals surface area contributed by atoms with Gasteiger partial charge in [0.25, 0.3) is 0 Å². The first-order valence-electron chi connectivity index (χ1n) is 20.9. The SMILES string of the molecule is CCCCCCCCCCCCCCCCC(CCCCCCCCCCCC)C(=O)OCCCCCCCCCCCC. The summed E-state index contributed by atoms with van der Waals surface area (Å²) < 4.78 is 5.85. The van der Waals surface area contributed by atoms with Gasteiger partial charge in [0, 0.05) is 0 Å². The molecule has 0 spiro atoms. The van der Waals surface area contributed by atoms with Crippen molar-refractivity contribution < 1.29 is 9.53 Å². The average Bonchev–Trinajstić information content (AvgIpc) is 3.03. The van der Waals surface area contributed by atoms with Crippen LogP contribution < -0.4 is 0 Å². The van der Waals surface area contributed by atoms with Gasteiger partial charge in [-0.2, -0.15) is 0 Å². The van der Waals surface area contributed by atoms with Crippen molar-refractivity contribution >= 4 is 5.97 Å². The fourth-order valence-corrected chi connectivity index (χ4v) is 6.72. The number of rotatable bonds is 38. The molecule has 44 heavy (non-hydrogen) atoms. The molecule has 0 aliphatic carbocycles. The first-order chi connectivity index (χ1) is 21.8. The molecule has 0 N–H and O–H groups in total. The standard InChI is InChI=1S/C42H84O2/c1-4-7-10-13-16-19-22-23-24-25-27-30-33-36-39-41(38-35-32-29-26-20-17-14-11-8-5-2)42(43)44-40-37-34-31-28-21-18-15-12-9-6-3/h41H,4-40H2,1-3H3. The van der Waals surface area contributed by atoms with E-state index in [0.29, 0.717) is 6.61 Å². The Bertz CT molecular complexity index is 530. The second-order valence-corrected chi connectivity index (χ2v) is 14.4. The van der Waals surface area contributed by atoms with Gasteiger partial charge in [0.15, 0.2) is 0 Å². The van der Waals surface area contributed by atoms with Crippen molar-refractivity contribution in [1.82, 2.24) is 0 Å². The van der Waals surface area contributed by atoms with Crippen LogP contribution in [0.4, 0.5) is 0 Å². The Morgan fingerprint density at radius 1 is 0.341 bits per heavy atom. The zero-order valence-electron chi connectivity index (χ0n) is 31.1. The summed E-state index contributed by atoms with van der Waals surface area (Å²) in [4.78, 5) is 13.0. The molecule has 0 aliphatic heterocycles. The molecule has 2 nitrogen and oxygen atoms in total. The van der Waals surface area contributed by atoms with Gasteiger partial charge in [-0.1, -0.05) is 233 Å². The molecular weight excluding hydrogens is 536 g/mol. The molecule has 0 saturated carbocycles. The van der Waals surface area contributed by atoms with Crippen LogP contribution >= 0.6 is 0 Å². The molecule has 0 aromatic heterocycles. The normalized spacial score (nSPS) is 12.2. The van der Waals surface area contributed by atoms with Gasteiger partial charge in [-0.3, -0.25) is 4.79 Å². The topological polar surface area (TPSA) is 26.3 Å². The van der Waals surface area contributed by atoms with Gasteiger partial charge in [-0.15, -0.1) is 0 Å². The largest absolute Gasteiger partial charge is 0.465 e. The maximum absolute atomic E-state index is 13.0. The molecular formula is C42H84O2. The quantitative estimate of drug-likeness (QED) is 0.0507. The van der Waals surface area contributed by atoms with Crippen LogP contribution in [-0.2, 0) is 9.53 Å². The second-order valence-electron chi connectivity index (χ2n) is 14.4. The minimum Gasteiger partial charge on any atom is -0.465 e. The van der Waals surface area contributed by atoms with E-state index in [1.54, 1.807) is 0 Å². The number of esters is 1. The van der Waals surface area contributed by atoms with E-state index < -0.39 is 0 Å². The van der Waals surface area contributed by atoms with E-state index >= 15 is 0 Å². The molecule has 0 amide bonds. The predicted octanol–water partition coefficient (Wildman–Crippen LogP) is 15.2. The summed E-state index contributed by atoms with van der Waals surface area (Å²) in [5.41, 5.74) is 0. The van der Waals surface area contributed by atoms with Crippen molar-refractivity contribution in [2.45, 2.75) is 252 Å². The van der Waals surface area contributed by atoms with Gasteiger partial charge in [-0.05, 0) is 19.3 Å².